The van der Waals surface area contributed by atoms with Crippen molar-refractivity contribution < 1.29 is 13.2 Å². The van der Waals surface area contributed by atoms with E-state index in [0.29, 0.717) is 31.6 Å². The van der Waals surface area contributed by atoms with Crippen LogP contribution in [0.25, 0.3) is 0 Å². The van der Waals surface area contributed by atoms with E-state index in [4.69, 9.17) is 5.73 Å². The third-order valence-corrected chi connectivity index (χ3v) is 3.74. The van der Waals surface area contributed by atoms with Crippen LogP contribution < -0.4 is 5.73 Å². The molecular weight excluding hydrogens is 384 g/mol. The number of alkyl halides is 3. The normalized spacial score (nSPS) is 24.6. The Balaban J connectivity index is 0.00000200. The van der Waals surface area contributed by atoms with Crippen molar-refractivity contribution in [2.24, 2.45) is 16.6 Å². The van der Waals surface area contributed by atoms with Gasteiger partial charge in [0, 0.05) is 26.2 Å². The summed E-state index contributed by atoms with van der Waals surface area (Å²) in [6.07, 6.45) is -1.05. The van der Waals surface area contributed by atoms with Crippen LogP contribution >= 0.6 is 24.0 Å². The van der Waals surface area contributed by atoms with Gasteiger partial charge < -0.3 is 10.6 Å². The molecule has 2 aliphatic rings. The number of hydrogen-bond donors (Lipinski definition) is 1. The summed E-state index contributed by atoms with van der Waals surface area (Å²) in [6, 6.07) is 0.508. The Morgan fingerprint density at radius 1 is 1.35 bits per heavy atom. The fraction of sp³-hybridized carbons (Fsp3) is 0.917. The summed E-state index contributed by atoms with van der Waals surface area (Å²) in [4.78, 5) is 7.72. The second-order valence-corrected chi connectivity index (χ2v) is 5.55. The van der Waals surface area contributed by atoms with Crippen LogP contribution in [0.2, 0.25) is 0 Å². The molecule has 4 nitrogen and oxygen atoms in total. The predicted molar refractivity (Wildman–Crippen MR) is 83.3 cm³/mol. The monoisotopic (exact) mass is 406 g/mol. The predicted octanol–water partition coefficient (Wildman–Crippen LogP) is 1.90. The Labute approximate surface area is 134 Å². The molecule has 20 heavy (non-hydrogen) atoms. The number of guanidine groups is 1. The zero-order valence-electron chi connectivity index (χ0n) is 11.6. The fourth-order valence-corrected chi connectivity index (χ4v) is 2.44. The van der Waals surface area contributed by atoms with Gasteiger partial charge in [0.15, 0.2) is 5.96 Å². The molecular formula is C12H22F3IN4. The van der Waals surface area contributed by atoms with Crippen molar-refractivity contribution in [3.63, 3.8) is 0 Å². The van der Waals surface area contributed by atoms with Gasteiger partial charge in [0.25, 0.3) is 0 Å². The highest BCUT2D eigenvalue weighted by atomic mass is 127. The average Bonchev–Trinajstić information content (AvgIpc) is 3.06. The lowest BCUT2D eigenvalue weighted by Gasteiger charge is -2.19. The molecule has 2 rings (SSSR count). The van der Waals surface area contributed by atoms with Gasteiger partial charge >= 0.3 is 6.18 Å². The SMILES string of the molecule is CN(C(N)=NCC1CCN(CC(F)(F)F)C1)C1CC1.I. The van der Waals surface area contributed by atoms with Gasteiger partial charge in [0.05, 0.1) is 6.54 Å². The van der Waals surface area contributed by atoms with E-state index in [0.717, 1.165) is 19.3 Å². The lowest BCUT2D eigenvalue weighted by Crippen LogP contribution is -2.36. The minimum absolute atomic E-state index is 0. The van der Waals surface area contributed by atoms with Crippen molar-refractivity contribution >= 4 is 29.9 Å². The number of nitrogens with two attached hydrogens (primary N) is 1. The Morgan fingerprint density at radius 2 is 2.00 bits per heavy atom. The molecule has 2 fully saturated rings. The molecule has 2 N–H and O–H groups in total. The maximum absolute atomic E-state index is 12.3. The molecule has 1 aliphatic carbocycles. The number of hydrogen-bond acceptors (Lipinski definition) is 2. The highest BCUT2D eigenvalue weighted by Crippen LogP contribution is 2.25. The van der Waals surface area contributed by atoms with Crippen molar-refractivity contribution in [1.29, 1.82) is 0 Å². The lowest BCUT2D eigenvalue weighted by molar-refractivity contribution is -0.143. The Kier molecular flexibility index (Phi) is 6.36. The summed E-state index contributed by atoms with van der Waals surface area (Å²) >= 11 is 0. The van der Waals surface area contributed by atoms with Gasteiger partial charge in [-0.2, -0.15) is 13.2 Å². The van der Waals surface area contributed by atoms with E-state index in [1.807, 2.05) is 11.9 Å². The molecule has 1 saturated carbocycles. The number of halogens is 4. The molecule has 1 aliphatic heterocycles. The van der Waals surface area contributed by atoms with E-state index in [-0.39, 0.29) is 29.9 Å². The molecule has 0 radical (unpaired) electrons. The number of likely N-dealkylation sites (tertiary alicyclic amines) is 1. The quantitative estimate of drug-likeness (QED) is 0.441. The average molecular weight is 406 g/mol. The molecule has 1 heterocycles. The Hall–Kier alpha value is -0.250. The zero-order valence-corrected chi connectivity index (χ0v) is 13.9. The summed E-state index contributed by atoms with van der Waals surface area (Å²) in [5.74, 6) is 0.699. The molecule has 1 atom stereocenters. The molecule has 8 heteroatoms. The maximum atomic E-state index is 12.3. The van der Waals surface area contributed by atoms with Crippen LogP contribution in [0.1, 0.15) is 19.3 Å². The summed E-state index contributed by atoms with van der Waals surface area (Å²) in [5, 5.41) is 0. The van der Waals surface area contributed by atoms with Crippen LogP contribution in [0, 0.1) is 5.92 Å². The van der Waals surface area contributed by atoms with Crippen LogP contribution in [0.15, 0.2) is 4.99 Å². The number of aliphatic imine (C=N–C) groups is 1. The first-order valence-corrected chi connectivity index (χ1v) is 6.67. The smallest absolute Gasteiger partial charge is 0.370 e. The van der Waals surface area contributed by atoms with E-state index >= 15 is 0 Å². The van der Waals surface area contributed by atoms with Crippen molar-refractivity contribution in [2.45, 2.75) is 31.5 Å². The van der Waals surface area contributed by atoms with Crippen LogP contribution in [-0.2, 0) is 0 Å². The van der Waals surface area contributed by atoms with Gasteiger partial charge in [0.2, 0.25) is 0 Å². The molecule has 0 aromatic carbocycles. The molecule has 0 aromatic heterocycles. The van der Waals surface area contributed by atoms with E-state index in [2.05, 4.69) is 4.99 Å². The van der Waals surface area contributed by atoms with Gasteiger partial charge in [-0.15, -0.1) is 24.0 Å². The van der Waals surface area contributed by atoms with Crippen molar-refractivity contribution in [3.8, 4) is 0 Å². The topological polar surface area (TPSA) is 44.9 Å². The van der Waals surface area contributed by atoms with Crippen molar-refractivity contribution in [2.75, 3.05) is 33.2 Å². The minimum atomic E-state index is -4.11. The van der Waals surface area contributed by atoms with Gasteiger partial charge in [0.1, 0.15) is 0 Å². The van der Waals surface area contributed by atoms with Gasteiger partial charge in [-0.3, -0.25) is 9.89 Å². The molecule has 118 valence electrons. The second kappa shape index (κ2) is 7.15. The third-order valence-electron chi connectivity index (χ3n) is 3.74. The van der Waals surface area contributed by atoms with Crippen LogP contribution in [0.3, 0.4) is 0 Å². The van der Waals surface area contributed by atoms with Crippen molar-refractivity contribution in [3.05, 3.63) is 0 Å². The largest absolute Gasteiger partial charge is 0.401 e. The first-order valence-electron chi connectivity index (χ1n) is 6.67. The summed E-state index contributed by atoms with van der Waals surface area (Å²) in [7, 11) is 1.92. The molecule has 0 aromatic rings. The standard InChI is InChI=1S/C12H21F3N4.HI/c1-18(10-2-3-10)11(16)17-6-9-4-5-19(7-9)8-12(13,14)15;/h9-10H,2-8H2,1H3,(H2,16,17);1H. The summed E-state index contributed by atoms with van der Waals surface area (Å²) in [6.45, 7) is 0.670. The molecule has 0 spiro atoms. The molecule has 0 bridgehead atoms. The van der Waals surface area contributed by atoms with E-state index in [1.165, 1.54) is 4.90 Å². The van der Waals surface area contributed by atoms with Crippen LogP contribution in [0.4, 0.5) is 13.2 Å². The highest BCUT2D eigenvalue weighted by molar-refractivity contribution is 14.0. The van der Waals surface area contributed by atoms with Gasteiger partial charge in [-0.1, -0.05) is 0 Å². The van der Waals surface area contributed by atoms with E-state index in [1.54, 1.807) is 0 Å². The third kappa shape index (κ3) is 5.63. The van der Waals surface area contributed by atoms with E-state index in [9.17, 15) is 13.2 Å². The first kappa shape index (κ1) is 17.8. The van der Waals surface area contributed by atoms with Crippen LogP contribution in [0.5, 0.6) is 0 Å². The first-order chi connectivity index (χ1) is 8.85. The Morgan fingerprint density at radius 3 is 2.55 bits per heavy atom. The highest BCUT2D eigenvalue weighted by Gasteiger charge is 2.34. The Bertz CT molecular complexity index is 344. The number of rotatable bonds is 4. The number of nitrogens with zero attached hydrogens (tertiary/aromatic N) is 3. The zero-order chi connectivity index (χ0) is 14.0. The van der Waals surface area contributed by atoms with Gasteiger partial charge in [-0.05, 0) is 31.7 Å². The second-order valence-electron chi connectivity index (χ2n) is 5.55. The summed E-state index contributed by atoms with van der Waals surface area (Å²) < 4.78 is 36.8. The van der Waals surface area contributed by atoms with E-state index < -0.39 is 12.7 Å². The molecule has 1 saturated heterocycles. The maximum Gasteiger partial charge on any atom is 0.401 e. The minimum Gasteiger partial charge on any atom is -0.370 e. The lowest BCUT2D eigenvalue weighted by atomic mass is 10.1. The van der Waals surface area contributed by atoms with Crippen molar-refractivity contribution in [1.82, 2.24) is 9.80 Å². The van der Waals surface area contributed by atoms with Gasteiger partial charge in [-0.25, -0.2) is 0 Å². The fourth-order valence-electron chi connectivity index (χ4n) is 2.44. The molecule has 0 amide bonds. The van der Waals surface area contributed by atoms with Crippen LogP contribution in [-0.4, -0.2) is 61.2 Å². The molecule has 1 unspecified atom stereocenters. The summed E-state index contributed by atoms with van der Waals surface area (Å²) in [5.41, 5.74) is 5.85.